The Morgan fingerprint density at radius 3 is 2.32 bits per heavy atom. The van der Waals surface area contributed by atoms with Crippen LogP contribution in [0, 0.1) is 6.92 Å². The molecule has 0 aliphatic rings. The lowest BCUT2D eigenvalue weighted by Gasteiger charge is -2.11. The zero-order valence-corrected chi connectivity index (χ0v) is 18.7. The summed E-state index contributed by atoms with van der Waals surface area (Å²) in [6.45, 7) is 3.38. The highest BCUT2D eigenvalue weighted by Gasteiger charge is 2.05. The maximum absolute atomic E-state index is 2.37. The summed E-state index contributed by atoms with van der Waals surface area (Å²) >= 11 is 1.83. The molecule has 4 heteroatoms. The average Bonchev–Trinajstić information content (AvgIpc) is 2.99. The molecule has 2 rings (SSSR count). The van der Waals surface area contributed by atoms with Gasteiger partial charge >= 0.3 is 0 Å². The van der Waals surface area contributed by atoms with E-state index in [4.69, 9.17) is 0 Å². The highest BCUT2D eigenvalue weighted by molar-refractivity contribution is 7.09. The number of rotatable bonds is 10. The normalized spacial score (nSPS) is 10.8. The molecule has 0 N–H and O–H groups in total. The van der Waals surface area contributed by atoms with Gasteiger partial charge in [0.2, 0.25) is 5.01 Å². The van der Waals surface area contributed by atoms with Crippen LogP contribution >= 0.6 is 11.3 Å². The minimum absolute atomic E-state index is 0. The predicted molar refractivity (Wildman–Crippen MR) is 107 cm³/mol. The summed E-state index contributed by atoms with van der Waals surface area (Å²) in [5.41, 5.74) is 2.55. The van der Waals surface area contributed by atoms with Crippen molar-refractivity contribution < 1.29 is 28.5 Å². The quantitative estimate of drug-likeness (QED) is 0.294. The topological polar surface area (TPSA) is 7.12 Å². The minimum atomic E-state index is 0. The van der Waals surface area contributed by atoms with Crippen molar-refractivity contribution in [2.45, 2.75) is 52.0 Å². The number of aromatic nitrogens is 1. The minimum Gasteiger partial charge on any atom is -1.00 e. The van der Waals surface area contributed by atoms with Crippen LogP contribution < -0.4 is 33.4 Å². The van der Waals surface area contributed by atoms with E-state index in [9.17, 15) is 0 Å². The summed E-state index contributed by atoms with van der Waals surface area (Å²) in [7, 11) is 4.15. The van der Waals surface area contributed by atoms with Gasteiger partial charge in [0.15, 0.2) is 6.20 Å². The van der Waals surface area contributed by atoms with Crippen LogP contribution in [0.3, 0.4) is 0 Å². The zero-order chi connectivity index (χ0) is 17.2. The van der Waals surface area contributed by atoms with Crippen LogP contribution in [0.25, 0.3) is 6.08 Å². The van der Waals surface area contributed by atoms with Gasteiger partial charge in [-0.3, -0.25) is 0 Å². The van der Waals surface area contributed by atoms with Crippen molar-refractivity contribution in [1.29, 1.82) is 0 Å². The molecule has 1 heterocycles. The molecule has 0 unspecified atom stereocenters. The van der Waals surface area contributed by atoms with Crippen molar-refractivity contribution in [1.82, 2.24) is 0 Å². The van der Waals surface area contributed by atoms with E-state index in [1.807, 2.05) is 11.3 Å². The van der Waals surface area contributed by atoms with Gasteiger partial charge < -0.3 is 28.9 Å². The van der Waals surface area contributed by atoms with Gasteiger partial charge in [0.1, 0.15) is 6.54 Å². The Labute approximate surface area is 174 Å². The summed E-state index contributed by atoms with van der Waals surface area (Å²) in [5.74, 6) is 0. The Kier molecular flexibility index (Phi) is 11.1. The number of unbranched alkanes of at least 4 members (excludes halogenated alkanes) is 5. The highest BCUT2D eigenvalue weighted by atomic mass is 127. The smallest absolute Gasteiger partial charge is 0.234 e. The fraction of sp³-hybridized carbons (Fsp3) is 0.476. The number of anilines is 1. The second-order valence-corrected chi connectivity index (χ2v) is 7.66. The van der Waals surface area contributed by atoms with Crippen molar-refractivity contribution in [3.05, 3.63) is 52.5 Å². The maximum atomic E-state index is 2.37. The monoisotopic (exact) mass is 470 g/mol. The third-order valence-corrected chi connectivity index (χ3v) is 5.21. The molecule has 0 bridgehead atoms. The van der Waals surface area contributed by atoms with Gasteiger partial charge in [-0.15, -0.1) is 0 Å². The van der Waals surface area contributed by atoms with Crippen LogP contribution in [0.15, 0.2) is 41.9 Å². The molecule has 0 saturated heterocycles. The first-order valence-electron chi connectivity index (χ1n) is 9.04. The fourth-order valence-electron chi connectivity index (χ4n) is 2.78. The van der Waals surface area contributed by atoms with Gasteiger partial charge in [-0.05, 0) is 37.0 Å². The van der Waals surface area contributed by atoms with Gasteiger partial charge in [0.05, 0.1) is 5.38 Å². The SMILES string of the molecule is Cc1scc[n+]1CCCCCCCC=Cc1ccc(N(C)C)cc1.[I-]. The van der Waals surface area contributed by atoms with Crippen LogP contribution in [0.5, 0.6) is 0 Å². The molecule has 0 aliphatic heterocycles. The van der Waals surface area contributed by atoms with E-state index in [2.05, 4.69) is 78.5 Å². The zero-order valence-electron chi connectivity index (χ0n) is 15.7. The van der Waals surface area contributed by atoms with Crippen molar-refractivity contribution in [2.75, 3.05) is 19.0 Å². The Bertz CT molecular complexity index is 617. The molecule has 25 heavy (non-hydrogen) atoms. The average molecular weight is 470 g/mol. The molecule has 0 atom stereocenters. The van der Waals surface area contributed by atoms with Crippen molar-refractivity contribution >= 4 is 23.1 Å². The van der Waals surface area contributed by atoms with Crippen LogP contribution in [0.1, 0.15) is 49.1 Å². The van der Waals surface area contributed by atoms with E-state index < -0.39 is 0 Å². The Morgan fingerprint density at radius 1 is 1.00 bits per heavy atom. The molecule has 0 fully saturated rings. The molecule has 0 aliphatic carbocycles. The third kappa shape index (κ3) is 8.36. The number of halogens is 1. The number of hydrogen-bond donors (Lipinski definition) is 0. The molecule has 1 aromatic heterocycles. The highest BCUT2D eigenvalue weighted by Crippen LogP contribution is 2.14. The van der Waals surface area contributed by atoms with Crippen LogP contribution in [0.4, 0.5) is 5.69 Å². The first-order valence-corrected chi connectivity index (χ1v) is 9.92. The first-order chi connectivity index (χ1) is 11.7. The molecular formula is C21H31IN2S. The number of hydrogen-bond acceptors (Lipinski definition) is 2. The van der Waals surface area contributed by atoms with Crippen LogP contribution in [-0.2, 0) is 6.54 Å². The Morgan fingerprint density at radius 2 is 1.68 bits per heavy atom. The van der Waals surface area contributed by atoms with E-state index in [0.29, 0.717) is 0 Å². The number of thiazole rings is 1. The molecular weight excluding hydrogens is 439 g/mol. The number of aryl methyl sites for hydroxylation is 2. The Balaban J connectivity index is 0.00000312. The van der Waals surface area contributed by atoms with Gasteiger partial charge in [-0.25, -0.2) is 0 Å². The van der Waals surface area contributed by atoms with Gasteiger partial charge in [0, 0.05) is 33.1 Å². The second kappa shape index (κ2) is 12.5. The molecule has 0 radical (unpaired) electrons. The van der Waals surface area contributed by atoms with Gasteiger partial charge in [0.25, 0.3) is 0 Å². The molecule has 2 aromatic rings. The van der Waals surface area contributed by atoms with Gasteiger partial charge in [-0.1, -0.05) is 48.5 Å². The third-order valence-electron chi connectivity index (χ3n) is 4.37. The molecule has 2 nitrogen and oxygen atoms in total. The van der Waals surface area contributed by atoms with Crippen LogP contribution in [0.2, 0.25) is 0 Å². The lowest BCUT2D eigenvalue weighted by molar-refractivity contribution is -0.698. The maximum Gasteiger partial charge on any atom is 0.234 e. The van der Waals surface area contributed by atoms with E-state index in [-0.39, 0.29) is 24.0 Å². The number of nitrogens with zero attached hydrogens (tertiary/aromatic N) is 2. The largest absolute Gasteiger partial charge is 1.00 e. The summed E-state index contributed by atoms with van der Waals surface area (Å²) in [5, 5.41) is 3.59. The molecule has 0 spiro atoms. The van der Waals surface area contributed by atoms with Crippen LogP contribution in [-0.4, -0.2) is 14.1 Å². The summed E-state index contributed by atoms with van der Waals surface area (Å²) < 4.78 is 2.37. The molecule has 1 aromatic carbocycles. The first kappa shape index (κ1) is 22.2. The lowest BCUT2D eigenvalue weighted by atomic mass is 10.1. The van der Waals surface area contributed by atoms with E-state index >= 15 is 0 Å². The number of allylic oxidation sites excluding steroid dienone is 1. The fourth-order valence-corrected chi connectivity index (χ4v) is 3.48. The summed E-state index contributed by atoms with van der Waals surface area (Å²) in [4.78, 5) is 2.13. The molecule has 0 amide bonds. The lowest BCUT2D eigenvalue weighted by Crippen LogP contribution is -3.00. The summed E-state index contributed by atoms with van der Waals surface area (Å²) in [6, 6.07) is 8.73. The van der Waals surface area contributed by atoms with Crippen molar-refractivity contribution in [3.8, 4) is 0 Å². The van der Waals surface area contributed by atoms with Crippen molar-refractivity contribution in [2.24, 2.45) is 0 Å². The van der Waals surface area contributed by atoms with E-state index in [1.54, 1.807) is 0 Å². The molecule has 138 valence electrons. The summed E-state index contributed by atoms with van der Waals surface area (Å²) in [6.07, 6.45) is 14.6. The number of benzene rings is 1. The van der Waals surface area contributed by atoms with Crippen molar-refractivity contribution in [3.63, 3.8) is 0 Å². The van der Waals surface area contributed by atoms with E-state index in [0.717, 1.165) is 0 Å². The second-order valence-electron chi connectivity index (χ2n) is 6.56. The predicted octanol–water partition coefficient (Wildman–Crippen LogP) is 2.47. The standard InChI is InChI=1S/C21H31N2S.HI/c1-19-23(17-18-24-19)16-10-8-6-4-5-7-9-11-20-12-14-21(15-13-20)22(2)3;/h9,11-15,17-18H,4-8,10,16H2,1-3H3;1H/q+1;/p-1. The Hall–Kier alpha value is -0.880. The van der Waals surface area contributed by atoms with Gasteiger partial charge in [-0.2, -0.15) is 4.57 Å². The molecule has 0 saturated carbocycles. The van der Waals surface area contributed by atoms with E-state index in [1.165, 1.54) is 61.3 Å².